The van der Waals surface area contributed by atoms with Crippen LogP contribution in [0.4, 0.5) is 13.2 Å². The molecule has 1 rings (SSSR count). The number of carbonyl (C=O) groups is 1. The minimum atomic E-state index is -4.49. The second kappa shape index (κ2) is 5.98. The van der Waals surface area contributed by atoms with Crippen LogP contribution in [0.3, 0.4) is 0 Å². The number of halogens is 3. The van der Waals surface area contributed by atoms with Crippen molar-refractivity contribution >= 4 is 5.91 Å². The number of aromatic nitrogens is 1. The number of carbonyl (C=O) groups excluding carboxylic acids is 1. The van der Waals surface area contributed by atoms with E-state index in [2.05, 4.69) is 10.3 Å². The average Bonchev–Trinajstić information content (AvgIpc) is 2.34. The van der Waals surface area contributed by atoms with E-state index < -0.39 is 29.8 Å². The van der Waals surface area contributed by atoms with Gasteiger partial charge >= 0.3 is 6.18 Å². The standard InChI is InChI=1S/C11H14F3N3O2/c1-6(18)8(15)5-17-10(19)9-3-2-7(4-16-9)11(12,13)14/h2-4,6,8,18H,5,15H2,1H3,(H,17,19). The summed E-state index contributed by atoms with van der Waals surface area (Å²) in [6.45, 7) is 1.46. The van der Waals surface area contributed by atoms with Gasteiger partial charge in [-0.25, -0.2) is 0 Å². The van der Waals surface area contributed by atoms with Gasteiger partial charge in [0, 0.05) is 18.8 Å². The first-order chi connectivity index (χ1) is 8.71. The van der Waals surface area contributed by atoms with Crippen molar-refractivity contribution in [1.82, 2.24) is 10.3 Å². The van der Waals surface area contributed by atoms with Crippen LogP contribution in [0.25, 0.3) is 0 Å². The van der Waals surface area contributed by atoms with E-state index in [1.165, 1.54) is 6.92 Å². The quantitative estimate of drug-likeness (QED) is 0.749. The summed E-state index contributed by atoms with van der Waals surface area (Å²) in [6.07, 6.45) is -4.71. The molecular formula is C11H14F3N3O2. The van der Waals surface area contributed by atoms with Crippen molar-refractivity contribution in [2.24, 2.45) is 5.73 Å². The van der Waals surface area contributed by atoms with Crippen LogP contribution in [0.5, 0.6) is 0 Å². The Morgan fingerprint density at radius 3 is 2.58 bits per heavy atom. The topological polar surface area (TPSA) is 88.2 Å². The molecule has 8 heteroatoms. The van der Waals surface area contributed by atoms with E-state index in [-0.39, 0.29) is 12.2 Å². The molecule has 0 aliphatic heterocycles. The smallest absolute Gasteiger partial charge is 0.392 e. The normalized spacial score (nSPS) is 14.8. The molecule has 2 unspecified atom stereocenters. The summed E-state index contributed by atoms with van der Waals surface area (Å²) in [4.78, 5) is 15.0. The van der Waals surface area contributed by atoms with Crippen LogP contribution < -0.4 is 11.1 Å². The lowest BCUT2D eigenvalue weighted by Crippen LogP contribution is -2.43. The maximum Gasteiger partial charge on any atom is 0.417 e. The Morgan fingerprint density at radius 2 is 2.16 bits per heavy atom. The van der Waals surface area contributed by atoms with Crippen molar-refractivity contribution < 1.29 is 23.1 Å². The fourth-order valence-corrected chi connectivity index (χ4v) is 1.17. The van der Waals surface area contributed by atoms with Crippen LogP contribution in [-0.4, -0.2) is 34.7 Å². The predicted molar refractivity (Wildman–Crippen MR) is 61.2 cm³/mol. The van der Waals surface area contributed by atoms with Crippen molar-refractivity contribution in [1.29, 1.82) is 0 Å². The fraction of sp³-hybridized carbons (Fsp3) is 0.455. The molecule has 0 spiro atoms. The number of aliphatic hydroxyl groups excluding tert-OH is 1. The summed E-state index contributed by atoms with van der Waals surface area (Å²) < 4.78 is 36.8. The third-order valence-corrected chi connectivity index (χ3v) is 2.44. The SMILES string of the molecule is CC(O)C(N)CNC(=O)c1ccc(C(F)(F)F)cn1. The zero-order valence-corrected chi connectivity index (χ0v) is 10.1. The molecule has 19 heavy (non-hydrogen) atoms. The third kappa shape index (κ3) is 4.49. The number of alkyl halides is 3. The summed E-state index contributed by atoms with van der Waals surface area (Å²) in [6, 6.07) is 1.10. The first-order valence-corrected chi connectivity index (χ1v) is 5.47. The molecule has 0 saturated heterocycles. The zero-order chi connectivity index (χ0) is 14.6. The number of nitrogens with zero attached hydrogens (tertiary/aromatic N) is 1. The predicted octanol–water partition coefficient (Wildman–Crippen LogP) is 0.538. The van der Waals surface area contributed by atoms with Gasteiger partial charge in [0.05, 0.1) is 11.7 Å². The van der Waals surface area contributed by atoms with Crippen LogP contribution in [0.1, 0.15) is 23.0 Å². The molecule has 5 nitrogen and oxygen atoms in total. The second-order valence-electron chi connectivity index (χ2n) is 4.04. The molecule has 1 aromatic heterocycles. The van der Waals surface area contributed by atoms with Crippen LogP contribution in [0.2, 0.25) is 0 Å². The molecule has 0 fully saturated rings. The molecule has 1 heterocycles. The highest BCUT2D eigenvalue weighted by Gasteiger charge is 2.30. The highest BCUT2D eigenvalue weighted by Crippen LogP contribution is 2.28. The lowest BCUT2D eigenvalue weighted by molar-refractivity contribution is -0.137. The van der Waals surface area contributed by atoms with E-state index in [0.717, 1.165) is 12.1 Å². The van der Waals surface area contributed by atoms with E-state index in [0.29, 0.717) is 6.20 Å². The number of amides is 1. The largest absolute Gasteiger partial charge is 0.417 e. The Bertz CT molecular complexity index is 432. The van der Waals surface area contributed by atoms with E-state index in [4.69, 9.17) is 10.8 Å². The number of nitrogens with one attached hydrogen (secondary N) is 1. The molecule has 0 aliphatic carbocycles. The number of hydrogen-bond acceptors (Lipinski definition) is 4. The number of hydrogen-bond donors (Lipinski definition) is 3. The van der Waals surface area contributed by atoms with Gasteiger partial charge in [0.15, 0.2) is 0 Å². The van der Waals surface area contributed by atoms with Gasteiger partial charge in [-0.2, -0.15) is 13.2 Å². The van der Waals surface area contributed by atoms with Crippen LogP contribution in [-0.2, 0) is 6.18 Å². The van der Waals surface area contributed by atoms with Crippen molar-refractivity contribution in [2.45, 2.75) is 25.2 Å². The number of pyridine rings is 1. The minimum absolute atomic E-state index is 0.000791. The fourth-order valence-electron chi connectivity index (χ4n) is 1.17. The van der Waals surface area contributed by atoms with Crippen molar-refractivity contribution in [2.75, 3.05) is 6.54 Å². The summed E-state index contributed by atoms with van der Waals surface area (Å²) in [5.74, 6) is -0.648. The maximum absolute atomic E-state index is 12.3. The van der Waals surface area contributed by atoms with Gasteiger partial charge in [-0.05, 0) is 19.1 Å². The molecule has 106 valence electrons. The molecule has 2 atom stereocenters. The molecule has 4 N–H and O–H groups in total. The zero-order valence-electron chi connectivity index (χ0n) is 10.1. The molecule has 0 aliphatic rings. The first kappa shape index (κ1) is 15.4. The molecule has 0 aromatic carbocycles. The molecule has 1 aromatic rings. The monoisotopic (exact) mass is 277 g/mol. The van der Waals surface area contributed by atoms with Gasteiger partial charge in [0.2, 0.25) is 0 Å². The Morgan fingerprint density at radius 1 is 1.53 bits per heavy atom. The van der Waals surface area contributed by atoms with E-state index in [1.807, 2.05) is 0 Å². The Labute approximate surface area is 107 Å². The Kier molecular flexibility index (Phi) is 4.84. The molecule has 0 saturated carbocycles. The van der Waals surface area contributed by atoms with Gasteiger partial charge in [0.1, 0.15) is 5.69 Å². The van der Waals surface area contributed by atoms with Crippen molar-refractivity contribution in [3.8, 4) is 0 Å². The van der Waals surface area contributed by atoms with Gasteiger partial charge in [-0.15, -0.1) is 0 Å². The molecule has 1 amide bonds. The number of nitrogens with two attached hydrogens (primary N) is 1. The number of aliphatic hydroxyl groups is 1. The summed E-state index contributed by atoms with van der Waals surface area (Å²) in [5.41, 5.74) is 4.42. The Hall–Kier alpha value is -1.67. The van der Waals surface area contributed by atoms with Gasteiger partial charge < -0.3 is 16.2 Å². The average molecular weight is 277 g/mol. The first-order valence-electron chi connectivity index (χ1n) is 5.47. The summed E-state index contributed by atoms with van der Waals surface area (Å²) >= 11 is 0. The second-order valence-corrected chi connectivity index (χ2v) is 4.04. The molecule has 0 radical (unpaired) electrons. The van der Waals surface area contributed by atoms with E-state index >= 15 is 0 Å². The highest BCUT2D eigenvalue weighted by atomic mass is 19.4. The van der Waals surface area contributed by atoms with Crippen molar-refractivity contribution in [3.05, 3.63) is 29.6 Å². The van der Waals surface area contributed by atoms with Crippen molar-refractivity contribution in [3.63, 3.8) is 0 Å². The summed E-state index contributed by atoms with van der Waals surface area (Å²) in [7, 11) is 0. The Balaban J connectivity index is 2.64. The van der Waals surface area contributed by atoms with Gasteiger partial charge in [0.25, 0.3) is 5.91 Å². The van der Waals surface area contributed by atoms with Crippen LogP contribution in [0, 0.1) is 0 Å². The van der Waals surface area contributed by atoms with Crippen LogP contribution >= 0.6 is 0 Å². The third-order valence-electron chi connectivity index (χ3n) is 2.44. The van der Waals surface area contributed by atoms with E-state index in [9.17, 15) is 18.0 Å². The highest BCUT2D eigenvalue weighted by molar-refractivity contribution is 5.92. The lowest BCUT2D eigenvalue weighted by Gasteiger charge is -2.15. The number of rotatable bonds is 4. The summed E-state index contributed by atoms with van der Waals surface area (Å²) in [5, 5.41) is 11.5. The van der Waals surface area contributed by atoms with Gasteiger partial charge in [-0.1, -0.05) is 0 Å². The van der Waals surface area contributed by atoms with E-state index in [1.54, 1.807) is 0 Å². The lowest BCUT2D eigenvalue weighted by atomic mass is 10.2. The van der Waals surface area contributed by atoms with Crippen LogP contribution in [0.15, 0.2) is 18.3 Å². The minimum Gasteiger partial charge on any atom is -0.392 e. The maximum atomic E-state index is 12.3. The molecular weight excluding hydrogens is 263 g/mol. The van der Waals surface area contributed by atoms with Gasteiger partial charge in [-0.3, -0.25) is 9.78 Å². The molecule has 0 bridgehead atoms.